The predicted octanol–water partition coefficient (Wildman–Crippen LogP) is 3.42. The van der Waals surface area contributed by atoms with Crippen LogP contribution in [0.1, 0.15) is 49.0 Å². The van der Waals surface area contributed by atoms with Crippen molar-refractivity contribution < 1.29 is 22.7 Å². The van der Waals surface area contributed by atoms with Crippen molar-refractivity contribution in [3.8, 4) is 5.75 Å². The normalized spacial score (nSPS) is 21.2. The summed E-state index contributed by atoms with van der Waals surface area (Å²) in [6.07, 6.45) is 2.43. The summed E-state index contributed by atoms with van der Waals surface area (Å²) in [5, 5.41) is 2.85. The highest BCUT2D eigenvalue weighted by Crippen LogP contribution is 2.32. The quantitative estimate of drug-likeness (QED) is 0.630. The molecule has 0 aliphatic carbocycles. The van der Waals surface area contributed by atoms with Gasteiger partial charge in [0.05, 0.1) is 7.11 Å². The molecule has 188 valence electrons. The van der Waals surface area contributed by atoms with E-state index in [1.165, 1.54) is 23.5 Å². The van der Waals surface area contributed by atoms with Crippen molar-refractivity contribution in [2.45, 2.75) is 44.6 Å². The molecule has 4 rings (SSSR count). The molecule has 2 atom stereocenters. The van der Waals surface area contributed by atoms with Crippen LogP contribution in [0, 0.1) is 11.8 Å². The van der Waals surface area contributed by atoms with Crippen molar-refractivity contribution >= 4 is 27.5 Å². The van der Waals surface area contributed by atoms with Gasteiger partial charge in [0.15, 0.2) is 0 Å². The van der Waals surface area contributed by atoms with Gasteiger partial charge in [0.25, 0.3) is 5.91 Å². The molecular formula is C26H33N3O5S. The number of nitrogens with one attached hydrogen (secondary N) is 1. The van der Waals surface area contributed by atoms with Crippen molar-refractivity contribution in [1.82, 2.24) is 9.62 Å². The summed E-state index contributed by atoms with van der Waals surface area (Å²) < 4.78 is 33.8. The summed E-state index contributed by atoms with van der Waals surface area (Å²) in [6.45, 7) is 6.01. The number of sulfonamides is 1. The third-order valence-corrected chi connectivity index (χ3v) is 8.51. The molecule has 2 saturated heterocycles. The molecule has 2 heterocycles. The molecule has 2 amide bonds. The van der Waals surface area contributed by atoms with Crippen LogP contribution in [0.2, 0.25) is 0 Å². The second kappa shape index (κ2) is 10.4. The van der Waals surface area contributed by atoms with E-state index in [9.17, 15) is 18.0 Å². The fourth-order valence-electron chi connectivity index (χ4n) is 4.96. The Kier molecular flexibility index (Phi) is 7.47. The Morgan fingerprint density at radius 1 is 1.09 bits per heavy atom. The van der Waals surface area contributed by atoms with Crippen molar-refractivity contribution in [2.75, 3.05) is 31.6 Å². The first-order chi connectivity index (χ1) is 16.7. The molecule has 0 aromatic heterocycles. The van der Waals surface area contributed by atoms with Gasteiger partial charge in [-0.2, -0.15) is 4.31 Å². The number of piperidine rings is 1. The van der Waals surface area contributed by atoms with Gasteiger partial charge >= 0.3 is 0 Å². The Hall–Kier alpha value is -2.91. The third-order valence-electron chi connectivity index (χ3n) is 6.65. The van der Waals surface area contributed by atoms with Crippen LogP contribution < -0.4 is 15.0 Å². The van der Waals surface area contributed by atoms with Gasteiger partial charge in [-0.1, -0.05) is 26.0 Å². The molecule has 2 aromatic carbocycles. The van der Waals surface area contributed by atoms with E-state index >= 15 is 0 Å². The smallest absolute Gasteiger partial charge is 0.251 e. The second-order valence-corrected chi connectivity index (χ2v) is 11.5. The Morgan fingerprint density at radius 3 is 2.37 bits per heavy atom. The van der Waals surface area contributed by atoms with Gasteiger partial charge in [-0.05, 0) is 60.6 Å². The second-order valence-electron chi connectivity index (χ2n) is 9.63. The summed E-state index contributed by atoms with van der Waals surface area (Å²) in [4.78, 5) is 26.6. The van der Waals surface area contributed by atoms with E-state index in [1.54, 1.807) is 11.0 Å². The van der Waals surface area contributed by atoms with Crippen LogP contribution in [0.25, 0.3) is 0 Å². The van der Waals surface area contributed by atoms with Crippen LogP contribution in [0.5, 0.6) is 5.75 Å². The zero-order valence-electron chi connectivity index (χ0n) is 20.5. The number of carbonyl (C=O) groups excluding carboxylic acids is 2. The van der Waals surface area contributed by atoms with E-state index in [-0.39, 0.29) is 46.4 Å². The van der Waals surface area contributed by atoms with Crippen LogP contribution in [-0.2, 0) is 21.4 Å². The fraction of sp³-hybridized carbons (Fsp3) is 0.462. The predicted molar refractivity (Wildman–Crippen MR) is 134 cm³/mol. The lowest BCUT2D eigenvalue weighted by atomic mass is 9.94. The number of rotatable bonds is 7. The molecule has 35 heavy (non-hydrogen) atoms. The van der Waals surface area contributed by atoms with Crippen LogP contribution in [0.15, 0.2) is 47.4 Å². The zero-order chi connectivity index (χ0) is 25.2. The molecule has 2 fully saturated rings. The first kappa shape index (κ1) is 25.2. The topological polar surface area (TPSA) is 96.0 Å². The molecule has 9 heteroatoms. The van der Waals surface area contributed by atoms with Crippen LogP contribution in [-0.4, -0.2) is 51.3 Å². The molecule has 8 nitrogen and oxygen atoms in total. The number of benzene rings is 2. The summed E-state index contributed by atoms with van der Waals surface area (Å²) in [7, 11) is -2.39. The highest BCUT2D eigenvalue weighted by Gasteiger charge is 2.34. The molecule has 2 aliphatic rings. The standard InChI is InChI=1S/C26H33N3O5S/c1-18-13-19(2)17-28(16-18)35(32,33)24-14-21(8-11-23(24)34-3)26(31)27-15-20-6-9-22(10-7-20)29-12-4-5-25(29)30/h6-11,14,18-19H,4-5,12-13,15-17H2,1-3H3,(H,27,31)/t18-,19-/m0/s1. The Labute approximate surface area is 207 Å². The van der Waals surface area contributed by atoms with E-state index < -0.39 is 10.0 Å². The van der Waals surface area contributed by atoms with Gasteiger partial charge in [-0.3, -0.25) is 9.59 Å². The summed E-state index contributed by atoms with van der Waals surface area (Å²) >= 11 is 0. The van der Waals surface area contributed by atoms with Crippen LogP contribution in [0.4, 0.5) is 5.69 Å². The Balaban J connectivity index is 1.48. The monoisotopic (exact) mass is 499 g/mol. The number of methoxy groups -OCH3 is 1. The number of nitrogens with zero attached hydrogens (tertiary/aromatic N) is 2. The van der Waals surface area contributed by atoms with Gasteiger partial charge in [0.2, 0.25) is 15.9 Å². The van der Waals surface area contributed by atoms with Crippen molar-refractivity contribution in [2.24, 2.45) is 11.8 Å². The molecule has 0 unspecified atom stereocenters. The first-order valence-electron chi connectivity index (χ1n) is 12.0. The van der Waals surface area contributed by atoms with Crippen LogP contribution >= 0.6 is 0 Å². The molecule has 2 aromatic rings. The molecule has 0 bridgehead atoms. The van der Waals surface area contributed by atoms with Gasteiger partial charge in [-0.15, -0.1) is 0 Å². The maximum atomic E-state index is 13.5. The maximum Gasteiger partial charge on any atom is 0.251 e. The van der Waals surface area contributed by atoms with E-state index in [0.29, 0.717) is 19.5 Å². The van der Waals surface area contributed by atoms with Gasteiger partial charge in [0.1, 0.15) is 10.6 Å². The average Bonchev–Trinajstić information content (AvgIpc) is 3.27. The number of hydrogen-bond acceptors (Lipinski definition) is 5. The molecule has 0 saturated carbocycles. The van der Waals surface area contributed by atoms with Crippen LogP contribution in [0.3, 0.4) is 0 Å². The first-order valence-corrected chi connectivity index (χ1v) is 13.5. The minimum Gasteiger partial charge on any atom is -0.495 e. The number of hydrogen-bond donors (Lipinski definition) is 1. The van der Waals surface area contributed by atoms with Crippen molar-refractivity contribution in [3.63, 3.8) is 0 Å². The fourth-order valence-corrected chi connectivity index (χ4v) is 6.82. The summed E-state index contributed by atoms with van der Waals surface area (Å²) in [5.74, 6) is 0.509. The maximum absolute atomic E-state index is 13.5. The molecular weight excluding hydrogens is 466 g/mol. The van der Waals surface area contributed by atoms with Crippen molar-refractivity contribution in [1.29, 1.82) is 0 Å². The highest BCUT2D eigenvalue weighted by atomic mass is 32.2. The number of amides is 2. The minimum absolute atomic E-state index is 0.00795. The highest BCUT2D eigenvalue weighted by molar-refractivity contribution is 7.89. The summed E-state index contributed by atoms with van der Waals surface area (Å²) in [5.41, 5.74) is 1.99. The van der Waals surface area contributed by atoms with E-state index in [1.807, 2.05) is 24.3 Å². The van der Waals surface area contributed by atoms with E-state index in [2.05, 4.69) is 19.2 Å². The lowest BCUT2D eigenvalue weighted by molar-refractivity contribution is -0.117. The number of carbonyl (C=O) groups is 2. The average molecular weight is 500 g/mol. The van der Waals surface area contributed by atoms with E-state index in [0.717, 1.165) is 30.6 Å². The Bertz CT molecular complexity index is 1190. The summed E-state index contributed by atoms with van der Waals surface area (Å²) in [6, 6.07) is 12.0. The Morgan fingerprint density at radius 2 is 1.77 bits per heavy atom. The minimum atomic E-state index is -3.82. The lowest BCUT2D eigenvalue weighted by Crippen LogP contribution is -2.42. The van der Waals surface area contributed by atoms with Crippen molar-refractivity contribution in [3.05, 3.63) is 53.6 Å². The number of anilines is 1. The molecule has 0 spiro atoms. The largest absolute Gasteiger partial charge is 0.495 e. The zero-order valence-corrected chi connectivity index (χ0v) is 21.3. The third kappa shape index (κ3) is 5.51. The van der Waals surface area contributed by atoms with E-state index in [4.69, 9.17) is 4.74 Å². The molecule has 1 N–H and O–H groups in total. The lowest BCUT2D eigenvalue weighted by Gasteiger charge is -2.34. The molecule has 0 radical (unpaired) electrons. The molecule has 2 aliphatic heterocycles. The van der Waals surface area contributed by atoms with Gasteiger partial charge in [0, 0.05) is 43.9 Å². The van der Waals surface area contributed by atoms with Gasteiger partial charge in [-0.25, -0.2) is 8.42 Å². The van der Waals surface area contributed by atoms with Gasteiger partial charge < -0.3 is 15.0 Å². The number of ether oxygens (including phenoxy) is 1. The SMILES string of the molecule is COc1ccc(C(=O)NCc2ccc(N3CCCC3=O)cc2)cc1S(=O)(=O)N1C[C@@H](C)C[C@H](C)C1.